The molecular weight excluding hydrogens is 478 g/mol. The maximum Gasteiger partial charge on any atom is 0.433 e. The van der Waals surface area contributed by atoms with E-state index in [4.69, 9.17) is 4.74 Å². The summed E-state index contributed by atoms with van der Waals surface area (Å²) < 4.78 is 86.3. The summed E-state index contributed by atoms with van der Waals surface area (Å²) in [5, 5.41) is 3.24. The molecule has 13 heteroatoms. The van der Waals surface area contributed by atoms with Gasteiger partial charge in [0.25, 0.3) is 0 Å². The highest BCUT2D eigenvalue weighted by Crippen LogP contribution is 2.35. The second-order valence-electron chi connectivity index (χ2n) is 7.94. The molecule has 0 bridgehead atoms. The van der Waals surface area contributed by atoms with Crippen molar-refractivity contribution < 1.29 is 31.1 Å². The fourth-order valence-electron chi connectivity index (χ4n) is 3.78. The maximum absolute atomic E-state index is 13.2. The van der Waals surface area contributed by atoms with Crippen molar-refractivity contribution in [2.75, 3.05) is 18.5 Å². The van der Waals surface area contributed by atoms with Gasteiger partial charge in [0.15, 0.2) is 5.82 Å². The van der Waals surface area contributed by atoms with Crippen LogP contribution < -0.4 is 5.32 Å². The third kappa shape index (κ3) is 4.38. The molecule has 0 aliphatic carbocycles. The van der Waals surface area contributed by atoms with Crippen LogP contribution in [-0.2, 0) is 17.1 Å². The smallest absolute Gasteiger partial charge is 0.377 e. The van der Waals surface area contributed by atoms with Gasteiger partial charge in [-0.25, -0.2) is 19.9 Å². The molecule has 0 unspecified atom stereocenters. The van der Waals surface area contributed by atoms with Crippen LogP contribution in [0, 0.1) is 6.92 Å². The number of halogens is 6. The van der Waals surface area contributed by atoms with Gasteiger partial charge in [-0.3, -0.25) is 0 Å². The van der Waals surface area contributed by atoms with Gasteiger partial charge in [-0.1, -0.05) is 6.07 Å². The van der Waals surface area contributed by atoms with Crippen LogP contribution in [0.4, 0.5) is 38.0 Å². The number of nitrogens with one attached hydrogen (secondary N) is 1. The van der Waals surface area contributed by atoms with Crippen molar-refractivity contribution >= 4 is 22.7 Å². The molecule has 1 aliphatic heterocycles. The normalized spacial score (nSPS) is 14.8. The number of rotatable bonds is 4. The van der Waals surface area contributed by atoms with Gasteiger partial charge in [0.2, 0.25) is 0 Å². The van der Waals surface area contributed by atoms with Gasteiger partial charge in [-0.2, -0.15) is 26.3 Å². The fraction of sp³-hybridized carbons (Fsp3) is 0.273. The summed E-state index contributed by atoms with van der Waals surface area (Å²) in [6.45, 7) is 2.65. The van der Waals surface area contributed by atoms with E-state index in [0.29, 0.717) is 24.2 Å². The van der Waals surface area contributed by atoms with Gasteiger partial charge in [0.1, 0.15) is 28.7 Å². The Labute approximate surface area is 193 Å². The lowest BCUT2D eigenvalue weighted by Crippen LogP contribution is -2.31. The van der Waals surface area contributed by atoms with Crippen molar-refractivity contribution in [1.29, 1.82) is 0 Å². The minimum Gasteiger partial charge on any atom is -0.377 e. The molecule has 0 aromatic carbocycles. The van der Waals surface area contributed by atoms with E-state index in [1.165, 1.54) is 12.1 Å². The van der Waals surface area contributed by atoms with E-state index in [1.54, 1.807) is 6.07 Å². The van der Waals surface area contributed by atoms with E-state index >= 15 is 0 Å². The minimum atomic E-state index is -4.68. The molecule has 1 saturated heterocycles. The number of ether oxygens (including phenoxy) is 1. The lowest BCUT2D eigenvalue weighted by atomic mass is 10.2. The van der Waals surface area contributed by atoms with Crippen LogP contribution in [0.3, 0.4) is 0 Å². The maximum atomic E-state index is 13.2. The second kappa shape index (κ2) is 8.18. The van der Waals surface area contributed by atoms with Crippen molar-refractivity contribution in [2.45, 2.75) is 25.3 Å². The number of aryl methyl sites for hydroxylation is 1. The second-order valence-corrected chi connectivity index (χ2v) is 7.94. The largest absolute Gasteiger partial charge is 0.433 e. The molecule has 4 aromatic heterocycles. The van der Waals surface area contributed by atoms with Crippen molar-refractivity contribution in [3.8, 4) is 11.5 Å². The van der Waals surface area contributed by atoms with Gasteiger partial charge < -0.3 is 14.6 Å². The van der Waals surface area contributed by atoms with Crippen LogP contribution in [0.1, 0.15) is 23.0 Å². The lowest BCUT2D eigenvalue weighted by Gasteiger charge is -2.29. The number of aromatic nitrogens is 5. The first-order valence-corrected chi connectivity index (χ1v) is 10.3. The summed E-state index contributed by atoms with van der Waals surface area (Å²) in [6.07, 6.45) is -8.26. The summed E-state index contributed by atoms with van der Waals surface area (Å²) in [7, 11) is 0. The van der Waals surface area contributed by atoms with Crippen LogP contribution in [0.25, 0.3) is 22.6 Å². The fourth-order valence-corrected chi connectivity index (χ4v) is 3.78. The predicted molar refractivity (Wildman–Crippen MR) is 113 cm³/mol. The Hall–Kier alpha value is -3.74. The van der Waals surface area contributed by atoms with E-state index in [0.717, 1.165) is 30.1 Å². The average molecular weight is 494 g/mol. The zero-order valence-electron chi connectivity index (χ0n) is 17.9. The Bertz CT molecular complexity index is 1410. The minimum absolute atomic E-state index is 0.0516. The molecule has 7 nitrogen and oxygen atoms in total. The molecule has 5 rings (SSSR count). The molecule has 0 spiro atoms. The summed E-state index contributed by atoms with van der Waals surface area (Å²) in [4.78, 5) is 16.4. The molecule has 5 heterocycles. The van der Waals surface area contributed by atoms with Crippen molar-refractivity contribution in [3.63, 3.8) is 0 Å². The standard InChI is InChI=1S/C22H16F6N6O/c1-11-7-14-18(31-17-8-12(5-6-29-17)21(23,24)25)32-19(33-20(14)34(11)13-9-35-10-13)15-3-2-4-16(30-15)22(26,27)28/h2-8,13H,9-10H2,1H3,(H,29,31,32,33). The molecule has 1 fully saturated rings. The molecule has 4 aromatic rings. The lowest BCUT2D eigenvalue weighted by molar-refractivity contribution is -0.141. The Kier molecular flexibility index (Phi) is 5.38. The van der Waals surface area contributed by atoms with E-state index < -0.39 is 23.6 Å². The van der Waals surface area contributed by atoms with E-state index in [2.05, 4.69) is 25.3 Å². The number of fused-ring (bicyclic) bond motifs is 1. The van der Waals surface area contributed by atoms with Crippen LogP contribution in [0.5, 0.6) is 0 Å². The number of alkyl halides is 6. The monoisotopic (exact) mass is 494 g/mol. The van der Waals surface area contributed by atoms with E-state index in [-0.39, 0.29) is 29.2 Å². The number of hydrogen-bond donors (Lipinski definition) is 1. The van der Waals surface area contributed by atoms with Crippen molar-refractivity contribution in [2.24, 2.45) is 0 Å². The van der Waals surface area contributed by atoms with Gasteiger partial charge in [0.05, 0.1) is 30.2 Å². The van der Waals surface area contributed by atoms with E-state index in [9.17, 15) is 26.3 Å². The highest BCUT2D eigenvalue weighted by molar-refractivity contribution is 5.91. The quantitative estimate of drug-likeness (QED) is 0.375. The Morgan fingerprint density at radius 1 is 0.971 bits per heavy atom. The van der Waals surface area contributed by atoms with Crippen LogP contribution in [-0.4, -0.2) is 37.7 Å². The van der Waals surface area contributed by atoms with Gasteiger partial charge in [0, 0.05) is 11.9 Å². The first-order valence-electron chi connectivity index (χ1n) is 10.3. The molecule has 1 aliphatic rings. The van der Waals surface area contributed by atoms with Gasteiger partial charge in [-0.15, -0.1) is 0 Å². The molecule has 0 amide bonds. The molecule has 0 atom stereocenters. The summed E-state index contributed by atoms with van der Waals surface area (Å²) >= 11 is 0. The number of hydrogen-bond acceptors (Lipinski definition) is 6. The van der Waals surface area contributed by atoms with Crippen molar-refractivity contribution in [3.05, 3.63) is 59.5 Å². The van der Waals surface area contributed by atoms with Crippen LogP contribution >= 0.6 is 0 Å². The molecule has 0 radical (unpaired) electrons. The summed E-state index contributed by atoms with van der Waals surface area (Å²) in [5.41, 5.74) is -1.02. The zero-order chi connectivity index (χ0) is 25.0. The van der Waals surface area contributed by atoms with E-state index in [1.807, 2.05) is 11.5 Å². The van der Waals surface area contributed by atoms with Crippen molar-refractivity contribution in [1.82, 2.24) is 24.5 Å². The summed E-state index contributed by atoms with van der Waals surface area (Å²) in [5.74, 6) is -0.184. The molecule has 1 N–H and O–H groups in total. The predicted octanol–water partition coefficient (Wildman–Crippen LogP) is 5.55. The molecule has 0 saturated carbocycles. The average Bonchev–Trinajstić information content (AvgIpc) is 3.08. The molecule has 182 valence electrons. The Balaban J connectivity index is 1.67. The number of nitrogens with zero attached hydrogens (tertiary/aromatic N) is 5. The first-order chi connectivity index (χ1) is 16.5. The number of anilines is 2. The third-order valence-electron chi connectivity index (χ3n) is 5.47. The highest BCUT2D eigenvalue weighted by Gasteiger charge is 2.33. The Morgan fingerprint density at radius 2 is 1.74 bits per heavy atom. The third-order valence-corrected chi connectivity index (χ3v) is 5.47. The molecular formula is C22H16F6N6O. The van der Waals surface area contributed by atoms with Gasteiger partial charge in [-0.05, 0) is 37.3 Å². The molecule has 35 heavy (non-hydrogen) atoms. The van der Waals surface area contributed by atoms with Crippen LogP contribution in [0.2, 0.25) is 0 Å². The van der Waals surface area contributed by atoms with Crippen LogP contribution in [0.15, 0.2) is 42.6 Å². The SMILES string of the molecule is Cc1cc2c(Nc3cc(C(F)(F)F)ccn3)nc(-c3cccc(C(F)(F)F)n3)nc2n1C1COC1. The number of pyridine rings is 2. The Morgan fingerprint density at radius 3 is 2.40 bits per heavy atom. The zero-order valence-corrected chi connectivity index (χ0v) is 17.9. The summed E-state index contributed by atoms with van der Waals surface area (Å²) in [6, 6.07) is 6.68. The first kappa shape index (κ1) is 23.0. The topological polar surface area (TPSA) is 77.8 Å². The van der Waals surface area contributed by atoms with Gasteiger partial charge >= 0.3 is 12.4 Å². The highest BCUT2D eigenvalue weighted by atomic mass is 19.4.